The molecule has 4 heteroatoms. The van der Waals surface area contributed by atoms with Crippen molar-refractivity contribution in [3.05, 3.63) is 162 Å². The van der Waals surface area contributed by atoms with E-state index in [0.29, 0.717) is 17.5 Å². The summed E-state index contributed by atoms with van der Waals surface area (Å²) in [6, 6.07) is 50.6. The molecule has 4 nitrogen and oxygen atoms in total. The zero-order valence-electron chi connectivity index (χ0n) is 24.4. The van der Waals surface area contributed by atoms with E-state index >= 15 is 0 Å². The lowest BCUT2D eigenvalue weighted by Crippen LogP contribution is -2.12. The van der Waals surface area contributed by atoms with Gasteiger partial charge in [-0.2, -0.15) is 0 Å². The summed E-state index contributed by atoms with van der Waals surface area (Å²) in [7, 11) is 0. The molecular weight excluding hydrogens is 550 g/mol. The summed E-state index contributed by atoms with van der Waals surface area (Å²) in [6.07, 6.45) is 0.954. The zero-order chi connectivity index (χ0) is 29.7. The van der Waals surface area contributed by atoms with Gasteiger partial charge in [0.15, 0.2) is 17.5 Å². The van der Waals surface area contributed by atoms with E-state index in [9.17, 15) is 0 Å². The van der Waals surface area contributed by atoms with Crippen molar-refractivity contribution in [2.45, 2.75) is 12.3 Å². The lowest BCUT2D eigenvalue weighted by atomic mass is 9.75. The standard InChI is InChI=1S/C41H27N3O/c1-3-12-26(13-4-1)39-42-40(27-14-5-2-6-15-27)44-41(43-39)33-20-11-21-37-38(33)35-25-29(22-23-36(35)45-37)34-24-28-16-7-8-17-30(28)31-18-9-10-19-32(31)34/h1-23,25,34H,24H2/t34-/m1/s1. The minimum atomic E-state index is 0.240. The largest absolute Gasteiger partial charge is 0.456 e. The van der Waals surface area contributed by atoms with E-state index < -0.39 is 0 Å². The first-order valence-electron chi connectivity index (χ1n) is 15.3. The quantitative estimate of drug-likeness (QED) is 0.209. The molecule has 0 radical (unpaired) electrons. The Morgan fingerprint density at radius 2 is 1.11 bits per heavy atom. The van der Waals surface area contributed by atoms with Crippen LogP contribution in [-0.4, -0.2) is 15.0 Å². The molecule has 1 aliphatic carbocycles. The topological polar surface area (TPSA) is 51.8 Å². The van der Waals surface area contributed by atoms with Crippen molar-refractivity contribution in [2.75, 3.05) is 0 Å². The molecule has 0 aliphatic heterocycles. The average Bonchev–Trinajstić information content (AvgIpc) is 3.50. The van der Waals surface area contributed by atoms with Crippen molar-refractivity contribution in [2.24, 2.45) is 0 Å². The molecule has 0 amide bonds. The number of benzene rings is 6. The Labute approximate surface area is 260 Å². The molecule has 212 valence electrons. The van der Waals surface area contributed by atoms with Crippen LogP contribution in [-0.2, 0) is 6.42 Å². The van der Waals surface area contributed by atoms with Crippen LogP contribution in [0.25, 0.3) is 67.2 Å². The molecule has 0 spiro atoms. The summed E-state index contributed by atoms with van der Waals surface area (Å²) in [4.78, 5) is 15.0. The maximum atomic E-state index is 6.44. The van der Waals surface area contributed by atoms with Crippen LogP contribution in [0.2, 0.25) is 0 Å². The van der Waals surface area contributed by atoms with Crippen LogP contribution in [0.3, 0.4) is 0 Å². The van der Waals surface area contributed by atoms with Gasteiger partial charge >= 0.3 is 0 Å². The predicted molar refractivity (Wildman–Crippen MR) is 181 cm³/mol. The van der Waals surface area contributed by atoms with Gasteiger partial charge in [-0.15, -0.1) is 0 Å². The van der Waals surface area contributed by atoms with Gasteiger partial charge in [-0.05, 0) is 52.4 Å². The van der Waals surface area contributed by atoms with Crippen LogP contribution in [0.15, 0.2) is 150 Å². The molecule has 2 heterocycles. The molecule has 0 bridgehead atoms. The Hall–Kier alpha value is -5.87. The molecule has 8 aromatic rings. The Morgan fingerprint density at radius 1 is 0.489 bits per heavy atom. The lowest BCUT2D eigenvalue weighted by Gasteiger charge is -2.28. The summed E-state index contributed by atoms with van der Waals surface area (Å²) < 4.78 is 6.44. The fourth-order valence-electron chi connectivity index (χ4n) is 6.81. The number of furan rings is 1. The Balaban J connectivity index is 1.24. The van der Waals surface area contributed by atoms with Crippen molar-refractivity contribution < 1.29 is 4.42 Å². The third-order valence-electron chi connectivity index (χ3n) is 8.93. The second-order valence-electron chi connectivity index (χ2n) is 11.6. The van der Waals surface area contributed by atoms with Crippen LogP contribution < -0.4 is 0 Å². The molecular formula is C41H27N3O. The first kappa shape index (κ1) is 25.6. The van der Waals surface area contributed by atoms with Gasteiger partial charge in [0, 0.05) is 33.4 Å². The molecule has 0 N–H and O–H groups in total. The predicted octanol–water partition coefficient (Wildman–Crippen LogP) is 10.1. The van der Waals surface area contributed by atoms with Crippen molar-refractivity contribution >= 4 is 21.9 Å². The van der Waals surface area contributed by atoms with Gasteiger partial charge in [-0.25, -0.2) is 15.0 Å². The van der Waals surface area contributed by atoms with Gasteiger partial charge in [0.25, 0.3) is 0 Å². The maximum absolute atomic E-state index is 6.44. The summed E-state index contributed by atoms with van der Waals surface area (Å²) in [5, 5.41) is 2.08. The molecule has 1 aliphatic rings. The molecule has 45 heavy (non-hydrogen) atoms. The van der Waals surface area contributed by atoms with E-state index in [1.165, 1.54) is 27.8 Å². The highest BCUT2D eigenvalue weighted by atomic mass is 16.3. The van der Waals surface area contributed by atoms with Crippen molar-refractivity contribution in [1.82, 2.24) is 15.0 Å². The molecule has 0 saturated carbocycles. The van der Waals surface area contributed by atoms with E-state index in [2.05, 4.69) is 72.8 Å². The average molecular weight is 578 g/mol. The Bertz CT molecular complexity index is 2300. The smallest absolute Gasteiger partial charge is 0.164 e. The van der Waals surface area contributed by atoms with Gasteiger partial charge in [0.05, 0.1) is 0 Å². The van der Waals surface area contributed by atoms with Crippen LogP contribution in [0, 0.1) is 0 Å². The van der Waals surface area contributed by atoms with E-state index in [1.54, 1.807) is 0 Å². The highest BCUT2D eigenvalue weighted by Crippen LogP contribution is 2.44. The Morgan fingerprint density at radius 3 is 1.87 bits per heavy atom. The minimum Gasteiger partial charge on any atom is -0.456 e. The van der Waals surface area contributed by atoms with Crippen molar-refractivity contribution in [1.29, 1.82) is 0 Å². The highest BCUT2D eigenvalue weighted by Gasteiger charge is 2.26. The molecule has 0 saturated heterocycles. The SMILES string of the molecule is c1ccc(-c2nc(-c3ccccc3)nc(-c3cccc4oc5ccc([C@H]6Cc7ccccc7-c7ccccc76)cc5c34)n2)cc1. The third-order valence-corrected chi connectivity index (χ3v) is 8.93. The monoisotopic (exact) mass is 577 g/mol. The second-order valence-corrected chi connectivity index (χ2v) is 11.6. The lowest BCUT2D eigenvalue weighted by molar-refractivity contribution is 0.668. The summed E-state index contributed by atoms with van der Waals surface area (Å²) in [5.74, 6) is 2.15. The maximum Gasteiger partial charge on any atom is 0.164 e. The highest BCUT2D eigenvalue weighted by molar-refractivity contribution is 6.12. The molecule has 0 unspecified atom stereocenters. The van der Waals surface area contributed by atoms with E-state index in [0.717, 1.165) is 45.0 Å². The number of rotatable bonds is 4. The summed E-state index contributed by atoms with van der Waals surface area (Å²) >= 11 is 0. The summed E-state index contributed by atoms with van der Waals surface area (Å²) in [6.45, 7) is 0. The van der Waals surface area contributed by atoms with Crippen LogP contribution in [0.5, 0.6) is 0 Å². The summed E-state index contributed by atoms with van der Waals surface area (Å²) in [5.41, 5.74) is 11.1. The minimum absolute atomic E-state index is 0.240. The van der Waals surface area contributed by atoms with E-state index in [4.69, 9.17) is 19.4 Å². The third kappa shape index (κ3) is 4.34. The molecule has 6 aromatic carbocycles. The van der Waals surface area contributed by atoms with E-state index in [-0.39, 0.29) is 5.92 Å². The zero-order valence-corrected chi connectivity index (χ0v) is 24.4. The number of hydrogen-bond donors (Lipinski definition) is 0. The van der Waals surface area contributed by atoms with Gasteiger partial charge < -0.3 is 4.42 Å². The number of nitrogens with zero attached hydrogens (tertiary/aromatic N) is 3. The molecule has 9 rings (SSSR count). The number of hydrogen-bond acceptors (Lipinski definition) is 4. The Kier molecular flexibility index (Phi) is 5.91. The number of aromatic nitrogens is 3. The van der Waals surface area contributed by atoms with E-state index in [1.807, 2.05) is 72.8 Å². The van der Waals surface area contributed by atoms with Crippen LogP contribution in [0.4, 0.5) is 0 Å². The first-order chi connectivity index (χ1) is 22.3. The van der Waals surface area contributed by atoms with Gasteiger partial charge in [-0.3, -0.25) is 0 Å². The van der Waals surface area contributed by atoms with Crippen molar-refractivity contribution in [3.8, 4) is 45.3 Å². The fraction of sp³-hybridized carbons (Fsp3) is 0.0488. The molecule has 0 fully saturated rings. The van der Waals surface area contributed by atoms with Crippen LogP contribution >= 0.6 is 0 Å². The van der Waals surface area contributed by atoms with Crippen LogP contribution in [0.1, 0.15) is 22.6 Å². The molecule has 2 aromatic heterocycles. The number of fused-ring (bicyclic) bond motifs is 6. The molecule has 1 atom stereocenters. The van der Waals surface area contributed by atoms with Crippen molar-refractivity contribution in [3.63, 3.8) is 0 Å². The normalized spacial score (nSPS) is 13.9. The second kappa shape index (κ2) is 10.4. The van der Waals surface area contributed by atoms with Gasteiger partial charge in [0.1, 0.15) is 11.2 Å². The van der Waals surface area contributed by atoms with Gasteiger partial charge in [0.2, 0.25) is 0 Å². The fourth-order valence-corrected chi connectivity index (χ4v) is 6.81. The van der Waals surface area contributed by atoms with Gasteiger partial charge in [-0.1, -0.05) is 127 Å². The first-order valence-corrected chi connectivity index (χ1v) is 15.3.